The molecule has 1 aliphatic carbocycles. The lowest BCUT2D eigenvalue weighted by Gasteiger charge is -2.27. The summed E-state index contributed by atoms with van der Waals surface area (Å²) in [7, 11) is 0. The molecular formula is C17H22ClN3O2S. The van der Waals surface area contributed by atoms with Gasteiger partial charge in [0.15, 0.2) is 0 Å². The summed E-state index contributed by atoms with van der Waals surface area (Å²) in [6.45, 7) is 0.978. The molecule has 0 saturated heterocycles. The van der Waals surface area contributed by atoms with E-state index in [-0.39, 0.29) is 18.3 Å². The number of aromatic nitrogens is 1. The molecule has 0 bridgehead atoms. The number of halogens is 1. The van der Waals surface area contributed by atoms with Gasteiger partial charge in [0.1, 0.15) is 11.4 Å². The standard InChI is InChI=1S/C17H21N3O2S.ClH/c18-9-8-16-20-14(11-23-16)17(21)19-10-12-4-1-2-7-15(12)22-13-5-3-6-13;/h1-2,4,7,11,13H,3,5-6,8-10,18H2,(H,19,21);1H. The number of carbonyl (C=O) groups excluding carboxylic acids is 1. The fourth-order valence-corrected chi connectivity index (χ4v) is 3.15. The molecule has 5 nitrogen and oxygen atoms in total. The van der Waals surface area contributed by atoms with Gasteiger partial charge in [0.05, 0.1) is 11.1 Å². The Bertz CT molecular complexity index is 673. The highest BCUT2D eigenvalue weighted by Crippen LogP contribution is 2.27. The molecule has 0 spiro atoms. The molecule has 130 valence electrons. The minimum Gasteiger partial charge on any atom is -0.490 e. The second kappa shape index (κ2) is 9.01. The molecule has 1 fully saturated rings. The van der Waals surface area contributed by atoms with Gasteiger partial charge in [-0.15, -0.1) is 23.7 Å². The van der Waals surface area contributed by atoms with Crippen LogP contribution in [0.4, 0.5) is 0 Å². The van der Waals surface area contributed by atoms with E-state index in [1.165, 1.54) is 17.8 Å². The smallest absolute Gasteiger partial charge is 0.271 e. The van der Waals surface area contributed by atoms with Crippen molar-refractivity contribution in [1.29, 1.82) is 0 Å². The van der Waals surface area contributed by atoms with Crippen LogP contribution in [0, 0.1) is 0 Å². The zero-order chi connectivity index (χ0) is 16.1. The van der Waals surface area contributed by atoms with Crippen LogP contribution in [0.15, 0.2) is 29.6 Å². The van der Waals surface area contributed by atoms with Gasteiger partial charge in [-0.1, -0.05) is 18.2 Å². The summed E-state index contributed by atoms with van der Waals surface area (Å²) in [5, 5.41) is 5.58. The first kappa shape index (κ1) is 18.7. The summed E-state index contributed by atoms with van der Waals surface area (Å²) < 4.78 is 5.98. The van der Waals surface area contributed by atoms with Crippen LogP contribution >= 0.6 is 23.7 Å². The lowest BCUT2D eigenvalue weighted by molar-refractivity contribution is 0.0944. The number of amides is 1. The minimum atomic E-state index is -0.164. The van der Waals surface area contributed by atoms with Gasteiger partial charge in [-0.3, -0.25) is 4.79 Å². The Labute approximate surface area is 152 Å². The molecule has 1 heterocycles. The van der Waals surface area contributed by atoms with Crippen molar-refractivity contribution in [3.8, 4) is 5.75 Å². The normalized spacial score (nSPS) is 13.7. The zero-order valence-electron chi connectivity index (χ0n) is 13.4. The maximum absolute atomic E-state index is 12.2. The van der Waals surface area contributed by atoms with Gasteiger partial charge in [-0.2, -0.15) is 0 Å². The number of rotatable bonds is 7. The van der Waals surface area contributed by atoms with Gasteiger partial charge in [0.25, 0.3) is 5.91 Å². The Hall–Kier alpha value is -1.63. The van der Waals surface area contributed by atoms with E-state index in [1.54, 1.807) is 5.38 Å². The van der Waals surface area contributed by atoms with Crippen molar-refractivity contribution in [3.63, 3.8) is 0 Å². The first-order valence-corrected chi connectivity index (χ1v) is 8.81. The molecule has 0 unspecified atom stereocenters. The Morgan fingerprint density at radius 3 is 2.88 bits per heavy atom. The Morgan fingerprint density at radius 2 is 2.17 bits per heavy atom. The zero-order valence-corrected chi connectivity index (χ0v) is 15.0. The van der Waals surface area contributed by atoms with Crippen molar-refractivity contribution in [3.05, 3.63) is 45.9 Å². The van der Waals surface area contributed by atoms with Gasteiger partial charge in [0.2, 0.25) is 0 Å². The van der Waals surface area contributed by atoms with E-state index in [1.807, 2.05) is 24.3 Å². The van der Waals surface area contributed by atoms with Crippen LogP contribution in [0.25, 0.3) is 0 Å². The molecule has 0 aliphatic heterocycles. The SMILES string of the molecule is Cl.NCCc1nc(C(=O)NCc2ccccc2OC2CCC2)cs1. The molecule has 1 aromatic heterocycles. The Morgan fingerprint density at radius 1 is 1.38 bits per heavy atom. The third-order valence-electron chi connectivity index (χ3n) is 3.90. The highest BCUT2D eigenvalue weighted by Gasteiger charge is 2.20. The predicted octanol–water partition coefficient (Wildman–Crippen LogP) is 2.93. The van der Waals surface area contributed by atoms with Gasteiger partial charge >= 0.3 is 0 Å². The highest BCUT2D eigenvalue weighted by atomic mass is 35.5. The third-order valence-corrected chi connectivity index (χ3v) is 4.81. The van der Waals surface area contributed by atoms with E-state index < -0.39 is 0 Å². The van der Waals surface area contributed by atoms with Crippen LogP contribution in [0.5, 0.6) is 5.75 Å². The number of hydrogen-bond acceptors (Lipinski definition) is 5. The van der Waals surface area contributed by atoms with E-state index in [4.69, 9.17) is 10.5 Å². The van der Waals surface area contributed by atoms with Crippen LogP contribution in [-0.4, -0.2) is 23.5 Å². The van der Waals surface area contributed by atoms with E-state index in [9.17, 15) is 4.79 Å². The van der Waals surface area contributed by atoms with Crippen LogP contribution < -0.4 is 15.8 Å². The minimum absolute atomic E-state index is 0. The van der Waals surface area contributed by atoms with E-state index in [0.29, 0.717) is 31.3 Å². The number of thiazole rings is 1. The van der Waals surface area contributed by atoms with E-state index in [2.05, 4.69) is 10.3 Å². The molecule has 1 aromatic carbocycles. The van der Waals surface area contributed by atoms with E-state index >= 15 is 0 Å². The molecule has 3 N–H and O–H groups in total. The van der Waals surface area contributed by atoms with Crippen molar-refractivity contribution >= 4 is 29.7 Å². The second-order valence-corrected chi connectivity index (χ2v) is 6.57. The molecular weight excluding hydrogens is 346 g/mol. The van der Waals surface area contributed by atoms with Crippen molar-refractivity contribution in [2.24, 2.45) is 5.73 Å². The average Bonchev–Trinajstić information content (AvgIpc) is 2.98. The average molecular weight is 368 g/mol. The lowest BCUT2D eigenvalue weighted by atomic mass is 9.96. The first-order valence-electron chi connectivity index (χ1n) is 7.93. The third kappa shape index (κ3) is 4.69. The summed E-state index contributed by atoms with van der Waals surface area (Å²) in [6.07, 6.45) is 4.49. The van der Waals surface area contributed by atoms with Gasteiger partial charge in [-0.05, 0) is 31.9 Å². The quantitative estimate of drug-likeness (QED) is 0.788. The lowest BCUT2D eigenvalue weighted by Crippen LogP contribution is -2.27. The van der Waals surface area contributed by atoms with Crippen LogP contribution in [0.2, 0.25) is 0 Å². The molecule has 7 heteroatoms. The number of benzene rings is 1. The molecule has 0 atom stereocenters. The van der Waals surface area contributed by atoms with Gasteiger partial charge in [0, 0.05) is 23.9 Å². The Kier molecular flexibility index (Phi) is 7.02. The van der Waals surface area contributed by atoms with Crippen LogP contribution in [0.1, 0.15) is 40.3 Å². The molecule has 3 rings (SSSR count). The number of nitrogens with two attached hydrogens (primary N) is 1. The van der Waals surface area contributed by atoms with Crippen LogP contribution in [-0.2, 0) is 13.0 Å². The molecule has 1 amide bonds. The van der Waals surface area contributed by atoms with Crippen molar-refractivity contribution in [2.75, 3.05) is 6.54 Å². The summed E-state index contributed by atoms with van der Waals surface area (Å²) in [4.78, 5) is 16.5. The second-order valence-electron chi connectivity index (χ2n) is 5.63. The first-order chi connectivity index (χ1) is 11.3. The molecule has 1 aliphatic rings. The number of nitrogens with one attached hydrogen (secondary N) is 1. The summed E-state index contributed by atoms with van der Waals surface area (Å²) in [6, 6.07) is 7.85. The van der Waals surface area contributed by atoms with Gasteiger partial charge in [-0.25, -0.2) is 4.98 Å². The molecule has 1 saturated carbocycles. The number of ether oxygens (including phenoxy) is 1. The van der Waals surface area contributed by atoms with Gasteiger partial charge < -0.3 is 15.8 Å². The summed E-state index contributed by atoms with van der Waals surface area (Å²) >= 11 is 1.47. The number of hydrogen-bond donors (Lipinski definition) is 2. The fraction of sp³-hybridized carbons (Fsp3) is 0.412. The molecule has 24 heavy (non-hydrogen) atoms. The van der Waals surface area contributed by atoms with Crippen molar-refractivity contribution in [1.82, 2.24) is 10.3 Å². The highest BCUT2D eigenvalue weighted by molar-refractivity contribution is 7.09. The number of para-hydroxylation sites is 1. The monoisotopic (exact) mass is 367 g/mol. The Balaban J connectivity index is 0.00000208. The number of nitrogens with zero attached hydrogens (tertiary/aromatic N) is 1. The summed E-state index contributed by atoms with van der Waals surface area (Å²) in [5.74, 6) is 0.697. The fourth-order valence-electron chi connectivity index (χ4n) is 2.35. The number of carbonyl (C=O) groups is 1. The topological polar surface area (TPSA) is 77.2 Å². The predicted molar refractivity (Wildman–Crippen MR) is 98.0 cm³/mol. The van der Waals surface area contributed by atoms with Crippen LogP contribution in [0.3, 0.4) is 0 Å². The van der Waals surface area contributed by atoms with Crippen molar-refractivity contribution in [2.45, 2.75) is 38.3 Å². The molecule has 0 radical (unpaired) electrons. The maximum Gasteiger partial charge on any atom is 0.271 e. The molecule has 2 aromatic rings. The largest absolute Gasteiger partial charge is 0.490 e. The van der Waals surface area contributed by atoms with E-state index in [0.717, 1.165) is 29.2 Å². The van der Waals surface area contributed by atoms with Crippen molar-refractivity contribution < 1.29 is 9.53 Å². The summed E-state index contributed by atoms with van der Waals surface area (Å²) in [5.41, 5.74) is 6.95. The maximum atomic E-state index is 12.2.